The van der Waals surface area contributed by atoms with Crippen LogP contribution in [0.15, 0.2) is 209 Å². The number of azo groups is 2. The molecule has 1 amide bonds. The molecule has 13 aromatic rings. The van der Waals surface area contributed by atoms with Crippen molar-refractivity contribution in [3.05, 3.63) is 234 Å². The number of aromatic amines is 7. The summed E-state index contributed by atoms with van der Waals surface area (Å²) in [6.07, 6.45) is 35.4. The summed E-state index contributed by atoms with van der Waals surface area (Å²) in [4.78, 5) is 42.7. The predicted molar refractivity (Wildman–Crippen MR) is 422 cm³/mol. The number of para-hydroxylation sites is 4. The van der Waals surface area contributed by atoms with Gasteiger partial charge in [-0.1, -0.05) is 123 Å². The molecular weight excluding hydrogens is 1310 g/mol. The number of nitrogens with zero attached hydrogens (tertiary/aromatic N) is 6. The molecule has 19 rings (SSSR count). The highest BCUT2D eigenvalue weighted by Crippen LogP contribution is 2.28. The first kappa shape index (κ1) is 73.2. The van der Waals surface area contributed by atoms with E-state index in [9.17, 15) is 9.59 Å². The summed E-state index contributed by atoms with van der Waals surface area (Å²) in [7, 11) is 0. The van der Waals surface area contributed by atoms with E-state index in [0.717, 1.165) is 70.8 Å². The van der Waals surface area contributed by atoms with Crippen LogP contribution >= 0.6 is 0 Å². The van der Waals surface area contributed by atoms with Crippen molar-refractivity contribution >= 4 is 77.6 Å². The number of amides is 1. The van der Waals surface area contributed by atoms with E-state index in [-0.39, 0.29) is 5.91 Å². The lowest BCUT2D eigenvalue weighted by molar-refractivity contribution is 0.0539. The number of carbonyl (C=O) groups is 2. The molecule has 546 valence electrons. The molecule has 6 aromatic carbocycles. The topological polar surface area (TPSA) is 308 Å². The van der Waals surface area contributed by atoms with Crippen molar-refractivity contribution < 1.29 is 9.59 Å². The van der Waals surface area contributed by atoms with Gasteiger partial charge >= 0.3 is 0 Å². The number of H-pyrrole nitrogens is 7. The second kappa shape index (κ2) is 37.5. The van der Waals surface area contributed by atoms with Crippen LogP contribution in [0.25, 0.3) is 65.4 Å². The van der Waals surface area contributed by atoms with Gasteiger partial charge < -0.3 is 29.9 Å². The van der Waals surface area contributed by atoms with Gasteiger partial charge in [-0.05, 0) is 201 Å². The maximum absolute atomic E-state index is 12.9. The molecule has 6 aliphatic rings. The zero-order valence-corrected chi connectivity index (χ0v) is 60.3. The minimum atomic E-state index is -0.0983. The lowest BCUT2D eigenvalue weighted by atomic mass is 9.94. The van der Waals surface area contributed by atoms with Gasteiger partial charge in [0, 0.05) is 119 Å². The molecule has 0 saturated heterocycles. The molecule has 6 fully saturated rings. The Morgan fingerprint density at radius 1 is 0.476 bits per heavy atom. The first-order valence-electron chi connectivity index (χ1n) is 37.8. The van der Waals surface area contributed by atoms with Crippen molar-refractivity contribution in [1.82, 2.24) is 77.7 Å². The Morgan fingerprint density at radius 3 is 1.30 bits per heavy atom. The fraction of sp³-hybridized carbons (Fsp3) is 0.361. The van der Waals surface area contributed by atoms with E-state index in [1.54, 1.807) is 11.1 Å². The fourth-order valence-corrected chi connectivity index (χ4v) is 13.2. The molecule has 105 heavy (non-hydrogen) atoms. The van der Waals surface area contributed by atoms with E-state index >= 15 is 0 Å². The zero-order chi connectivity index (χ0) is 71.8. The molecule has 0 radical (unpaired) electrons. The highest BCUT2D eigenvalue weighted by atomic mass is 16.2. The average molecular weight is 1410 g/mol. The van der Waals surface area contributed by atoms with Crippen LogP contribution in [0.5, 0.6) is 0 Å². The van der Waals surface area contributed by atoms with E-state index in [4.69, 9.17) is 5.84 Å². The maximum Gasteiger partial charge on any atom is 0.288 e. The maximum atomic E-state index is 12.9. The normalized spacial score (nSPS) is 16.0. The molecule has 6 saturated carbocycles. The second-order valence-electron chi connectivity index (χ2n) is 28.3. The summed E-state index contributed by atoms with van der Waals surface area (Å²) in [5, 5.41) is 33.1. The molecule has 22 nitrogen and oxygen atoms in total. The van der Waals surface area contributed by atoms with Gasteiger partial charge in [0.15, 0.2) is 12.0 Å². The standard InChI is InChI=1S/C18H21N5O.2C13H17N3.2C13H15N3.C9H7NO.C4H10N2/c1-12-10-17(21-20-12)18(24)23(22-14-5-3-6-14)11-13-4-2-7-16-15(13)8-9-19-16;4*1-3-10-7-8-14-13(10)11(4-1)9-15-16-12-5-2-6-12;11-6-7-2-1-3-9-8(7)4-5-10-9;5-6-4-2-1-3-4/h2,4,7-10,14,19,22H,3,5-6,11H2,1H3,(H,20,21);2*1,3-4,7-8,12,14-16H,2,5-6,9H2;2*1,3-4,7-8,12,14H,2,5-6,9H2;1-6,10H;4,6H,1-3,5H2. The highest BCUT2D eigenvalue weighted by Gasteiger charge is 2.26. The summed E-state index contributed by atoms with van der Waals surface area (Å²) in [6.45, 7) is 5.52. The van der Waals surface area contributed by atoms with E-state index in [1.165, 1.54) is 169 Å². The monoisotopic (exact) mass is 1410 g/mol. The van der Waals surface area contributed by atoms with Crippen LogP contribution in [0.4, 0.5) is 0 Å². The van der Waals surface area contributed by atoms with E-state index < -0.39 is 0 Å². The number of fused-ring (bicyclic) bond motifs is 6. The Morgan fingerprint density at radius 2 is 0.886 bits per heavy atom. The molecule has 6 aliphatic carbocycles. The number of nitrogens with one attached hydrogen (secondary N) is 13. The van der Waals surface area contributed by atoms with Crippen LogP contribution in [0, 0.1) is 6.92 Å². The number of hydrazine groups is 4. The highest BCUT2D eigenvalue weighted by molar-refractivity contribution is 5.97. The molecular formula is C83H102N20O2. The molecule has 0 unspecified atom stereocenters. The number of carbonyl (C=O) groups excluding carboxylic acids is 2. The quantitative estimate of drug-likeness (QED) is 0.0140. The SMILES string of the molecule is Cc1cc(C(=O)N(Cc2cccc3[nH]ccc23)NC2CCC2)n[nH]1.NNC1CCC1.O=Cc1cccc2[nH]ccc12.c1cc(CN=NC2CCC2)c2[nH]ccc2c1.c1cc(CN=NC2CCC2)c2[nH]ccc2c1.c1cc(CNNC2CCC2)c2[nH]ccc2c1.c1cc(CNNC2CCC2)c2[nH]ccc2c1. The number of rotatable bonds is 21. The predicted octanol–water partition coefficient (Wildman–Crippen LogP) is 16.9. The molecule has 15 N–H and O–H groups in total. The summed E-state index contributed by atoms with van der Waals surface area (Å²) in [5.41, 5.74) is 34.7. The number of aldehydes is 1. The lowest BCUT2D eigenvalue weighted by Gasteiger charge is -2.33. The van der Waals surface area contributed by atoms with Gasteiger partial charge in [0.2, 0.25) is 0 Å². The largest absolute Gasteiger partial charge is 0.361 e. The van der Waals surface area contributed by atoms with Gasteiger partial charge in [0.25, 0.3) is 5.91 Å². The smallest absolute Gasteiger partial charge is 0.288 e. The fourth-order valence-electron chi connectivity index (χ4n) is 13.2. The zero-order valence-electron chi connectivity index (χ0n) is 60.3. The molecule has 0 spiro atoms. The molecule has 7 aromatic heterocycles. The number of aromatic nitrogens is 8. The van der Waals surface area contributed by atoms with E-state index in [2.05, 4.69) is 202 Å². The van der Waals surface area contributed by atoms with Gasteiger partial charge in [-0.15, -0.1) is 0 Å². The van der Waals surface area contributed by atoms with Gasteiger partial charge in [0.05, 0.1) is 42.8 Å². The Hall–Kier alpha value is -10.2. The van der Waals surface area contributed by atoms with Gasteiger partial charge in [-0.25, -0.2) is 5.43 Å². The van der Waals surface area contributed by atoms with Crippen LogP contribution in [-0.4, -0.2) is 93.6 Å². The second-order valence-corrected chi connectivity index (χ2v) is 28.3. The third kappa shape index (κ3) is 20.0. The number of aryl methyl sites for hydroxylation is 1. The first-order valence-corrected chi connectivity index (χ1v) is 37.8. The summed E-state index contributed by atoms with van der Waals surface area (Å²) >= 11 is 0. The van der Waals surface area contributed by atoms with Crippen molar-refractivity contribution in [2.75, 3.05) is 0 Å². The van der Waals surface area contributed by atoms with Gasteiger partial charge in [-0.3, -0.25) is 52.7 Å². The average Bonchev–Trinajstić information content (AvgIpc) is 1.40. The third-order valence-corrected chi connectivity index (χ3v) is 20.9. The molecule has 22 heteroatoms. The van der Waals surface area contributed by atoms with Gasteiger partial charge in [-0.2, -0.15) is 25.6 Å². The minimum absolute atomic E-state index is 0.0983. The van der Waals surface area contributed by atoms with E-state index in [0.29, 0.717) is 61.6 Å². The van der Waals surface area contributed by atoms with Crippen molar-refractivity contribution in [1.29, 1.82) is 0 Å². The van der Waals surface area contributed by atoms with Crippen molar-refractivity contribution in [3.8, 4) is 0 Å². The van der Waals surface area contributed by atoms with Crippen LogP contribution < -0.4 is 38.4 Å². The number of hydrogen-bond acceptors (Lipinski definition) is 14. The van der Waals surface area contributed by atoms with Crippen LogP contribution in [0.3, 0.4) is 0 Å². The summed E-state index contributed by atoms with van der Waals surface area (Å²) in [5.74, 6) is 4.99. The number of benzene rings is 6. The third-order valence-electron chi connectivity index (χ3n) is 20.9. The summed E-state index contributed by atoms with van der Waals surface area (Å²) in [6, 6.07) is 54.6. The number of hydrogen-bond donors (Lipinski definition) is 14. The van der Waals surface area contributed by atoms with Crippen LogP contribution in [-0.2, 0) is 32.7 Å². The Balaban J connectivity index is 0.000000111. The Bertz CT molecular complexity index is 4680. The van der Waals surface area contributed by atoms with Crippen molar-refractivity contribution in [2.45, 2.75) is 191 Å². The molecule has 0 bridgehead atoms. The van der Waals surface area contributed by atoms with E-state index in [1.807, 2.05) is 80.5 Å². The molecule has 0 aliphatic heterocycles. The van der Waals surface area contributed by atoms with Crippen molar-refractivity contribution in [2.24, 2.45) is 26.3 Å². The first-order chi connectivity index (χ1) is 51.8. The van der Waals surface area contributed by atoms with Gasteiger partial charge in [0.1, 0.15) is 0 Å². The lowest BCUT2D eigenvalue weighted by Crippen LogP contribution is -2.50. The summed E-state index contributed by atoms with van der Waals surface area (Å²) < 4.78 is 0. The Kier molecular flexibility index (Phi) is 26.1. The molecule has 0 atom stereocenters. The molecule has 7 heterocycles. The van der Waals surface area contributed by atoms with Crippen LogP contribution in [0.1, 0.15) is 170 Å². The number of nitrogens with two attached hydrogens (primary N) is 1. The van der Waals surface area contributed by atoms with Crippen molar-refractivity contribution in [3.63, 3.8) is 0 Å². The Labute approximate surface area is 613 Å². The van der Waals surface area contributed by atoms with Crippen LogP contribution in [0.2, 0.25) is 0 Å². The minimum Gasteiger partial charge on any atom is -0.361 e.